The van der Waals surface area contributed by atoms with Crippen LogP contribution in [0.25, 0.3) is 64.6 Å². The van der Waals surface area contributed by atoms with Gasteiger partial charge in [0.1, 0.15) is 0 Å². The third kappa shape index (κ3) is 13.3. The van der Waals surface area contributed by atoms with Crippen molar-refractivity contribution >= 4 is 186 Å². The van der Waals surface area contributed by atoms with Gasteiger partial charge in [-0.25, -0.2) is 0 Å². The lowest BCUT2D eigenvalue weighted by molar-refractivity contribution is 1.28. The van der Waals surface area contributed by atoms with E-state index in [-0.39, 0.29) is 0 Å². The van der Waals surface area contributed by atoms with Gasteiger partial charge in [-0.3, -0.25) is 0 Å². The van der Waals surface area contributed by atoms with Gasteiger partial charge in [0.15, 0.2) is 0 Å². The summed E-state index contributed by atoms with van der Waals surface area (Å²) in [7, 11) is -5.87. The molecule has 0 saturated heterocycles. The minimum absolute atomic E-state index is 1.15. The molecular weight excluding hydrogens is 1320 g/mol. The van der Waals surface area contributed by atoms with Crippen LogP contribution in [0.15, 0.2) is 291 Å². The molecule has 0 radical (unpaired) electrons. The molecule has 0 amide bonds. The van der Waals surface area contributed by atoms with E-state index >= 15 is 0 Å². The molecule has 0 spiro atoms. The van der Waals surface area contributed by atoms with Crippen LogP contribution in [0.3, 0.4) is 0 Å². The number of nitrogens with zero attached hydrogens (tertiary/aromatic N) is 4. The summed E-state index contributed by atoms with van der Waals surface area (Å²) in [6.07, 6.45) is 0. The van der Waals surface area contributed by atoms with Gasteiger partial charge in [0.25, 0.3) is 0 Å². The van der Waals surface area contributed by atoms with Crippen LogP contribution in [0.1, 0.15) is 22.3 Å². The van der Waals surface area contributed by atoms with Crippen molar-refractivity contribution in [2.75, 3.05) is 19.6 Å². The van der Waals surface area contributed by atoms with E-state index in [1.807, 2.05) is 0 Å². The number of hydrogen-bond donors (Lipinski definition) is 0. The zero-order valence-electron chi connectivity index (χ0n) is 63.5. The quantitative estimate of drug-likeness (QED) is 0.0706. The van der Waals surface area contributed by atoms with Crippen molar-refractivity contribution in [2.24, 2.45) is 0 Å². The molecule has 0 fully saturated rings. The van der Waals surface area contributed by atoms with Gasteiger partial charge in [0, 0.05) is 67.0 Å². The van der Waals surface area contributed by atoms with E-state index in [2.05, 4.69) is 417 Å². The molecule has 0 saturated carbocycles. The topological polar surface area (TPSA) is 13.0 Å². The predicted molar refractivity (Wildman–Crippen MR) is 470 cm³/mol. The Hall–Kier alpha value is -10.3. The zero-order chi connectivity index (χ0) is 72.7. The molecule has 104 heavy (non-hydrogen) atoms. The van der Waals surface area contributed by atoms with E-state index in [9.17, 15) is 0 Å². The van der Waals surface area contributed by atoms with Crippen molar-refractivity contribution in [3.8, 4) is 0 Å². The first kappa shape index (κ1) is 69.4. The van der Waals surface area contributed by atoms with Gasteiger partial charge in [-0.15, -0.1) is 0 Å². The van der Waals surface area contributed by atoms with Crippen LogP contribution in [-0.2, 0) is 0 Å². The fraction of sp³-hybridized carbons (Fsp3) is 0.167. The maximum absolute atomic E-state index is 2.49. The summed E-state index contributed by atoms with van der Waals surface area (Å²) in [5, 5.41) is 21.2. The van der Waals surface area contributed by atoms with Crippen LogP contribution in [0, 0.1) is 27.7 Å². The normalized spacial score (nSPS) is 12.2. The summed E-state index contributed by atoms with van der Waals surface area (Å²) in [5.74, 6) is 0. The van der Waals surface area contributed by atoms with Crippen LogP contribution in [0.5, 0.6) is 0 Å². The molecule has 16 aromatic rings. The van der Waals surface area contributed by atoms with E-state index in [1.54, 1.807) is 0 Å². The first-order chi connectivity index (χ1) is 49.7. The lowest BCUT2D eigenvalue weighted by Gasteiger charge is -2.30. The molecule has 4 nitrogen and oxygen atoms in total. The highest BCUT2D eigenvalue weighted by Crippen LogP contribution is 2.50. The molecule has 16 rings (SSSR count). The smallest absolute Gasteiger partial charge is 0.0775 e. The molecule has 0 unspecified atom stereocenters. The Kier molecular flexibility index (Phi) is 18.0. The number of anilines is 12. The molecular formula is C96H96N4Si4. The molecule has 0 bridgehead atoms. The first-order valence-electron chi connectivity index (χ1n) is 37.0. The molecule has 0 aliphatic heterocycles. The maximum atomic E-state index is 2.49. The molecule has 0 aliphatic carbocycles. The SMILES string of the molecule is C[Si](C)(C)c1ccc(N(c2ccc([Si](C)(C)C)cc2)c2ccc3ccc4c(N(c5ccc([Si](C)(C)C)cc5)c5ccc([Si](C)(C)C)cc5)ccc5ccc2c3c54)cc1.Cc1ccc(N(c2ccc(C)cc2)c2ccc3ccc4c(N(c5ccc(C)cc5)c5ccc(C)cc5)ccc5ccc2c3c54)cc1. The van der Waals surface area contributed by atoms with E-state index in [0.717, 1.165) is 22.7 Å². The van der Waals surface area contributed by atoms with Crippen molar-refractivity contribution in [2.45, 2.75) is 106 Å². The van der Waals surface area contributed by atoms with Crippen molar-refractivity contribution in [1.82, 2.24) is 0 Å². The largest absolute Gasteiger partial charge is 0.310 e. The van der Waals surface area contributed by atoms with E-state index in [0.29, 0.717) is 0 Å². The maximum Gasteiger partial charge on any atom is 0.0775 e. The standard InChI is InChI=1S/C52H60N2Si4.C44H36N2/c1-55(2,3)43-25-17-39(18-26-43)53(40-19-27-44(28-20-40)56(4,5)6)49-35-15-37-14-34-48-50(36-16-38-13-33-47(49)51(37)52(38)48)54(41-21-29-45(30-22-41)57(7,8)9)42-23-31-46(32-24-42)58(10,11)12;1-29-5-17-35(18-6-29)45(36-19-7-30(2)8-20-36)41-27-15-33-14-26-40-42(28-16-34-13-25-39(41)43(33)44(34)40)46(37-21-9-31(3)10-22-37)38-23-11-32(4)12-24-38/h13-36H,1-12H3;5-28H,1-4H3. The summed E-state index contributed by atoms with van der Waals surface area (Å²) in [6, 6.07) is 110. The number of benzene rings is 16. The molecule has 0 aliphatic rings. The van der Waals surface area contributed by atoms with Crippen molar-refractivity contribution in [3.63, 3.8) is 0 Å². The molecule has 0 aromatic heterocycles. The van der Waals surface area contributed by atoms with Gasteiger partial charge in [-0.2, -0.15) is 0 Å². The molecule has 516 valence electrons. The second kappa shape index (κ2) is 27.0. The Bertz CT molecular complexity index is 5200. The Morgan fingerprint density at radius 1 is 0.163 bits per heavy atom. The Balaban J connectivity index is 0.000000172. The van der Waals surface area contributed by atoms with E-state index in [1.165, 1.54) is 153 Å². The molecule has 0 atom stereocenters. The average Bonchev–Trinajstić information content (AvgIpc) is 0.725. The lowest BCUT2D eigenvalue weighted by Crippen LogP contribution is -2.37. The Morgan fingerprint density at radius 2 is 0.308 bits per heavy atom. The highest BCUT2D eigenvalue weighted by Gasteiger charge is 2.28. The third-order valence-electron chi connectivity index (χ3n) is 21.3. The van der Waals surface area contributed by atoms with Crippen LogP contribution in [-0.4, -0.2) is 32.3 Å². The highest BCUT2D eigenvalue weighted by atomic mass is 28.3. The Morgan fingerprint density at radius 3 is 0.462 bits per heavy atom. The summed E-state index contributed by atoms with van der Waals surface area (Å²) in [6.45, 7) is 37.7. The predicted octanol–water partition coefficient (Wildman–Crippen LogP) is 26.5. The first-order valence-corrected chi connectivity index (χ1v) is 51.0. The summed E-state index contributed by atoms with van der Waals surface area (Å²) in [4.78, 5) is 9.77. The lowest BCUT2D eigenvalue weighted by atomic mass is 9.91. The van der Waals surface area contributed by atoms with Gasteiger partial charge in [-0.05, 0) is 192 Å². The third-order valence-corrected chi connectivity index (χ3v) is 29.6. The second-order valence-electron chi connectivity index (χ2n) is 33.1. The van der Waals surface area contributed by atoms with E-state index in [4.69, 9.17) is 0 Å². The summed E-state index contributed by atoms with van der Waals surface area (Å²) in [5.41, 5.74) is 19.1. The van der Waals surface area contributed by atoms with Gasteiger partial charge in [-0.1, -0.05) is 291 Å². The highest BCUT2D eigenvalue weighted by molar-refractivity contribution is 6.90. The van der Waals surface area contributed by atoms with Crippen LogP contribution < -0.4 is 40.3 Å². The van der Waals surface area contributed by atoms with Gasteiger partial charge in [0.2, 0.25) is 0 Å². The van der Waals surface area contributed by atoms with Gasteiger partial charge in [0.05, 0.1) is 55.0 Å². The summed E-state index contributed by atoms with van der Waals surface area (Å²) >= 11 is 0. The van der Waals surface area contributed by atoms with Crippen molar-refractivity contribution < 1.29 is 0 Å². The Labute approximate surface area is 620 Å². The fourth-order valence-electron chi connectivity index (χ4n) is 15.2. The minimum atomic E-state index is -1.47. The molecule has 16 aromatic carbocycles. The monoisotopic (exact) mass is 1420 g/mol. The molecule has 0 N–H and O–H groups in total. The summed E-state index contributed by atoms with van der Waals surface area (Å²) < 4.78 is 0. The van der Waals surface area contributed by atoms with Gasteiger partial charge >= 0.3 is 0 Å². The van der Waals surface area contributed by atoms with Gasteiger partial charge < -0.3 is 19.6 Å². The van der Waals surface area contributed by atoms with Crippen molar-refractivity contribution in [3.05, 3.63) is 313 Å². The van der Waals surface area contributed by atoms with Crippen LogP contribution >= 0.6 is 0 Å². The number of aryl methyl sites for hydroxylation is 4. The molecule has 8 heteroatoms. The van der Waals surface area contributed by atoms with Crippen molar-refractivity contribution in [1.29, 1.82) is 0 Å². The number of rotatable bonds is 16. The van der Waals surface area contributed by atoms with E-state index < -0.39 is 32.3 Å². The second-order valence-corrected chi connectivity index (χ2v) is 53.4. The average molecular weight is 1420 g/mol. The zero-order valence-corrected chi connectivity index (χ0v) is 67.5. The van der Waals surface area contributed by atoms with Crippen LogP contribution in [0.2, 0.25) is 78.6 Å². The fourth-order valence-corrected chi connectivity index (χ4v) is 19.9. The molecule has 0 heterocycles. The van der Waals surface area contributed by atoms with Crippen LogP contribution in [0.4, 0.5) is 68.2 Å². The minimum Gasteiger partial charge on any atom is -0.310 e. The number of hydrogen-bond acceptors (Lipinski definition) is 4.